The van der Waals surface area contributed by atoms with Crippen LogP contribution in [0.3, 0.4) is 0 Å². The van der Waals surface area contributed by atoms with E-state index in [4.69, 9.17) is 0 Å². The van der Waals surface area contributed by atoms with Gasteiger partial charge in [-0.25, -0.2) is 0 Å². The Morgan fingerprint density at radius 2 is 2.12 bits per heavy atom. The Kier molecular flexibility index (Phi) is 3.06. The van der Waals surface area contributed by atoms with E-state index in [0.29, 0.717) is 6.04 Å². The first-order valence-electron chi connectivity index (χ1n) is 6.94. The fourth-order valence-electron chi connectivity index (χ4n) is 2.91. The van der Waals surface area contributed by atoms with Crippen molar-refractivity contribution in [2.24, 2.45) is 5.92 Å². The van der Waals surface area contributed by atoms with Crippen LogP contribution in [-0.4, -0.2) is 19.1 Å². The van der Waals surface area contributed by atoms with Gasteiger partial charge >= 0.3 is 0 Å². The van der Waals surface area contributed by atoms with Gasteiger partial charge in [-0.05, 0) is 36.8 Å². The van der Waals surface area contributed by atoms with E-state index in [1.807, 2.05) is 0 Å². The third-order valence-corrected chi connectivity index (χ3v) is 3.99. The fraction of sp³-hybridized carbons (Fsp3) is 0.600. The van der Waals surface area contributed by atoms with Crippen LogP contribution in [0.2, 0.25) is 0 Å². The van der Waals surface area contributed by atoms with Gasteiger partial charge in [0.2, 0.25) is 0 Å². The largest absolute Gasteiger partial charge is 0.370 e. The van der Waals surface area contributed by atoms with Crippen molar-refractivity contribution in [1.82, 2.24) is 5.32 Å². The van der Waals surface area contributed by atoms with Gasteiger partial charge in [-0.15, -0.1) is 0 Å². The molecule has 1 aromatic carbocycles. The van der Waals surface area contributed by atoms with E-state index in [-0.39, 0.29) is 0 Å². The van der Waals surface area contributed by atoms with Crippen LogP contribution in [0.25, 0.3) is 0 Å². The molecule has 1 aromatic rings. The molecule has 0 bridgehead atoms. The van der Waals surface area contributed by atoms with E-state index >= 15 is 0 Å². The first-order chi connectivity index (χ1) is 8.38. The second kappa shape index (κ2) is 4.69. The minimum absolute atomic E-state index is 0.703. The molecule has 1 unspecified atom stereocenters. The zero-order valence-electron chi connectivity index (χ0n) is 10.7. The molecule has 0 aromatic heterocycles. The highest BCUT2D eigenvalue weighted by molar-refractivity contribution is 5.54. The summed E-state index contributed by atoms with van der Waals surface area (Å²) in [6, 6.07) is 9.57. The SMILES string of the molecule is CCCN1CC(C2CC2)NCc2ccccc21. The Morgan fingerprint density at radius 3 is 2.88 bits per heavy atom. The molecule has 92 valence electrons. The van der Waals surface area contributed by atoms with Crippen LogP contribution in [0.4, 0.5) is 5.69 Å². The first kappa shape index (κ1) is 11.1. The molecule has 1 aliphatic heterocycles. The summed E-state index contributed by atoms with van der Waals surface area (Å²) in [5.41, 5.74) is 2.91. The summed E-state index contributed by atoms with van der Waals surface area (Å²) in [5, 5.41) is 3.75. The lowest BCUT2D eigenvalue weighted by atomic mass is 10.1. The molecule has 1 atom stereocenters. The van der Waals surface area contributed by atoms with Crippen LogP contribution in [0.5, 0.6) is 0 Å². The summed E-state index contributed by atoms with van der Waals surface area (Å²) in [6.45, 7) is 5.68. The maximum Gasteiger partial charge on any atom is 0.0412 e. The van der Waals surface area contributed by atoms with Gasteiger partial charge in [0.05, 0.1) is 0 Å². The fourth-order valence-corrected chi connectivity index (χ4v) is 2.91. The average molecular weight is 230 g/mol. The number of nitrogens with one attached hydrogen (secondary N) is 1. The Morgan fingerprint density at radius 1 is 1.29 bits per heavy atom. The number of benzene rings is 1. The third kappa shape index (κ3) is 2.32. The predicted molar refractivity (Wildman–Crippen MR) is 72.3 cm³/mol. The minimum Gasteiger partial charge on any atom is -0.370 e. The molecule has 3 rings (SSSR count). The highest BCUT2D eigenvalue weighted by atomic mass is 15.2. The standard InChI is InChI=1S/C15H22N2/c1-2-9-17-11-14(12-7-8-12)16-10-13-5-3-4-6-15(13)17/h3-6,12,14,16H,2,7-11H2,1H3. The van der Waals surface area contributed by atoms with Gasteiger partial charge in [0.15, 0.2) is 0 Å². The smallest absolute Gasteiger partial charge is 0.0412 e. The van der Waals surface area contributed by atoms with Gasteiger partial charge in [-0.2, -0.15) is 0 Å². The van der Waals surface area contributed by atoms with Crippen LogP contribution < -0.4 is 10.2 Å². The van der Waals surface area contributed by atoms with Crippen LogP contribution in [-0.2, 0) is 6.54 Å². The molecule has 17 heavy (non-hydrogen) atoms. The number of nitrogens with zero attached hydrogens (tertiary/aromatic N) is 1. The summed E-state index contributed by atoms with van der Waals surface area (Å²) < 4.78 is 0. The number of rotatable bonds is 3. The summed E-state index contributed by atoms with van der Waals surface area (Å²) in [6.07, 6.45) is 4.08. The molecular formula is C15H22N2. The molecular weight excluding hydrogens is 208 g/mol. The second-order valence-corrected chi connectivity index (χ2v) is 5.40. The average Bonchev–Trinajstić information content (AvgIpc) is 3.16. The zero-order chi connectivity index (χ0) is 11.7. The molecule has 0 radical (unpaired) electrons. The van der Waals surface area contributed by atoms with Crippen LogP contribution in [0.15, 0.2) is 24.3 Å². The lowest BCUT2D eigenvalue weighted by Crippen LogP contribution is -2.40. The van der Waals surface area contributed by atoms with E-state index in [1.54, 1.807) is 0 Å². The van der Waals surface area contributed by atoms with Crippen molar-refractivity contribution in [3.8, 4) is 0 Å². The van der Waals surface area contributed by atoms with Gasteiger partial charge in [0.1, 0.15) is 0 Å². The highest BCUT2D eigenvalue weighted by Gasteiger charge is 2.33. The molecule has 0 spiro atoms. The topological polar surface area (TPSA) is 15.3 Å². The van der Waals surface area contributed by atoms with Crippen LogP contribution in [0, 0.1) is 5.92 Å². The Bertz CT molecular complexity index is 384. The molecule has 1 heterocycles. The molecule has 1 fully saturated rings. The van der Waals surface area contributed by atoms with Crippen LogP contribution >= 0.6 is 0 Å². The quantitative estimate of drug-likeness (QED) is 0.859. The third-order valence-electron chi connectivity index (χ3n) is 3.99. The van der Waals surface area contributed by atoms with Crippen molar-refractivity contribution in [2.45, 2.75) is 38.8 Å². The summed E-state index contributed by atoms with van der Waals surface area (Å²) in [4.78, 5) is 2.58. The van der Waals surface area contributed by atoms with E-state index < -0.39 is 0 Å². The number of anilines is 1. The van der Waals surface area contributed by atoms with Gasteiger partial charge in [0, 0.05) is 31.4 Å². The molecule has 0 amide bonds. The molecule has 2 aliphatic rings. The molecule has 1 aliphatic carbocycles. The van der Waals surface area contributed by atoms with Gasteiger partial charge in [0.25, 0.3) is 0 Å². The Labute approximate surface area is 104 Å². The predicted octanol–water partition coefficient (Wildman–Crippen LogP) is 2.78. The van der Waals surface area contributed by atoms with Crippen molar-refractivity contribution >= 4 is 5.69 Å². The van der Waals surface area contributed by atoms with Crippen molar-refractivity contribution in [2.75, 3.05) is 18.0 Å². The van der Waals surface area contributed by atoms with Crippen molar-refractivity contribution in [3.63, 3.8) is 0 Å². The Balaban J connectivity index is 1.85. The molecule has 2 nitrogen and oxygen atoms in total. The monoisotopic (exact) mass is 230 g/mol. The molecule has 1 N–H and O–H groups in total. The molecule has 0 saturated heterocycles. The van der Waals surface area contributed by atoms with Gasteiger partial charge in [-0.3, -0.25) is 0 Å². The van der Waals surface area contributed by atoms with E-state index in [0.717, 1.165) is 12.5 Å². The maximum absolute atomic E-state index is 3.75. The zero-order valence-corrected chi connectivity index (χ0v) is 10.7. The number of para-hydroxylation sites is 1. The molecule has 2 heteroatoms. The summed E-state index contributed by atoms with van der Waals surface area (Å²) >= 11 is 0. The van der Waals surface area contributed by atoms with E-state index in [2.05, 4.69) is 41.4 Å². The van der Waals surface area contributed by atoms with Crippen LogP contribution in [0.1, 0.15) is 31.7 Å². The van der Waals surface area contributed by atoms with Crippen molar-refractivity contribution in [1.29, 1.82) is 0 Å². The second-order valence-electron chi connectivity index (χ2n) is 5.40. The van der Waals surface area contributed by atoms with Crippen molar-refractivity contribution in [3.05, 3.63) is 29.8 Å². The number of hydrogen-bond donors (Lipinski definition) is 1. The van der Waals surface area contributed by atoms with Gasteiger partial charge < -0.3 is 10.2 Å². The molecule has 1 saturated carbocycles. The summed E-state index contributed by atoms with van der Waals surface area (Å²) in [7, 11) is 0. The summed E-state index contributed by atoms with van der Waals surface area (Å²) in [5.74, 6) is 0.934. The maximum atomic E-state index is 3.75. The normalized spacial score (nSPS) is 24.3. The lowest BCUT2D eigenvalue weighted by Gasteiger charge is -2.27. The highest BCUT2D eigenvalue weighted by Crippen LogP contribution is 2.35. The lowest BCUT2D eigenvalue weighted by molar-refractivity contribution is 0.467. The van der Waals surface area contributed by atoms with E-state index in [1.165, 1.54) is 43.6 Å². The van der Waals surface area contributed by atoms with Crippen molar-refractivity contribution < 1.29 is 0 Å². The Hall–Kier alpha value is -1.02. The van der Waals surface area contributed by atoms with Gasteiger partial charge in [-0.1, -0.05) is 25.1 Å². The number of hydrogen-bond acceptors (Lipinski definition) is 2. The minimum atomic E-state index is 0.703. The van der Waals surface area contributed by atoms with E-state index in [9.17, 15) is 0 Å². The first-order valence-corrected chi connectivity index (χ1v) is 6.94. The number of fused-ring (bicyclic) bond motifs is 1.